The van der Waals surface area contributed by atoms with Crippen molar-refractivity contribution in [3.8, 4) is 11.3 Å². The highest BCUT2D eigenvalue weighted by Crippen LogP contribution is 2.43. The van der Waals surface area contributed by atoms with Gasteiger partial charge in [0.1, 0.15) is 11.6 Å². The van der Waals surface area contributed by atoms with Gasteiger partial charge in [0, 0.05) is 36.5 Å². The topological polar surface area (TPSA) is 92.1 Å². The van der Waals surface area contributed by atoms with Gasteiger partial charge in [0.05, 0.1) is 22.6 Å². The Morgan fingerprint density at radius 3 is 2.42 bits per heavy atom. The first-order valence-electron chi connectivity index (χ1n) is 12.1. The van der Waals surface area contributed by atoms with Gasteiger partial charge in [0.25, 0.3) is 5.91 Å². The van der Waals surface area contributed by atoms with Crippen LogP contribution in [0.5, 0.6) is 0 Å². The smallest absolute Gasteiger partial charge is 0.291 e. The molecule has 2 heterocycles. The largest absolute Gasteiger partial charge is 0.386 e. The summed E-state index contributed by atoms with van der Waals surface area (Å²) in [4.78, 5) is 23.3. The van der Waals surface area contributed by atoms with Gasteiger partial charge < -0.3 is 10.0 Å². The van der Waals surface area contributed by atoms with E-state index in [9.17, 15) is 18.7 Å². The average Bonchev–Trinajstić information content (AvgIpc) is 2.84. The summed E-state index contributed by atoms with van der Waals surface area (Å²) < 4.78 is 28.8. The lowest BCUT2D eigenvalue weighted by Crippen LogP contribution is -2.45. The Labute approximate surface area is 209 Å². The number of aliphatic hydroxyl groups is 1. The first kappa shape index (κ1) is 25.8. The quantitative estimate of drug-likeness (QED) is 0.530. The summed E-state index contributed by atoms with van der Waals surface area (Å²) in [7, 11) is 0. The number of benzene rings is 1. The number of nitrogens with zero attached hydrogens (tertiary/aromatic N) is 5. The zero-order valence-corrected chi connectivity index (χ0v) is 21.2. The third-order valence-electron chi connectivity index (χ3n) is 7.03. The molecule has 36 heavy (non-hydrogen) atoms. The van der Waals surface area contributed by atoms with Crippen molar-refractivity contribution in [1.29, 1.82) is 0 Å². The molecule has 0 radical (unpaired) electrons. The Morgan fingerprint density at radius 1 is 1.19 bits per heavy atom. The number of rotatable bonds is 6. The molecule has 0 aliphatic heterocycles. The van der Waals surface area contributed by atoms with Crippen LogP contribution in [0.2, 0.25) is 0 Å². The summed E-state index contributed by atoms with van der Waals surface area (Å²) >= 11 is 0. The molecule has 0 saturated heterocycles. The molecule has 0 unspecified atom stereocenters. The molecule has 3 aromatic rings. The third kappa shape index (κ3) is 4.84. The molecule has 1 aromatic carbocycles. The standard InChI is InChI=1S/C27H31F2N5O2/c1-6-34(25(35)24-30-13-17(14-31-24)26(3,4)36)15-27(5)11-10-16(2)18-12-21(32-33-23(18)27)22-19(28)8-7-9-20(22)29/h7-9,12-14,16,36H,6,10-11,15H2,1-5H3/t16-,27+/m0/s1. The summed E-state index contributed by atoms with van der Waals surface area (Å²) in [6.07, 6.45) is 4.52. The molecule has 0 saturated carbocycles. The molecular weight excluding hydrogens is 464 g/mol. The molecule has 9 heteroatoms. The van der Waals surface area contributed by atoms with Gasteiger partial charge in [-0.3, -0.25) is 4.79 Å². The molecule has 1 N–H and O–H groups in total. The second-order valence-corrected chi connectivity index (χ2v) is 10.3. The number of hydrogen-bond acceptors (Lipinski definition) is 6. The highest BCUT2D eigenvalue weighted by Gasteiger charge is 2.40. The van der Waals surface area contributed by atoms with E-state index in [1.807, 2.05) is 13.8 Å². The van der Waals surface area contributed by atoms with Crippen molar-refractivity contribution in [2.24, 2.45) is 0 Å². The summed E-state index contributed by atoms with van der Waals surface area (Å²) in [5.74, 6) is -1.52. The molecule has 1 aliphatic carbocycles. The monoisotopic (exact) mass is 495 g/mol. The normalized spacial score (nSPS) is 19.6. The predicted molar refractivity (Wildman–Crippen MR) is 131 cm³/mol. The summed E-state index contributed by atoms with van der Waals surface area (Å²) in [5, 5.41) is 18.8. The first-order valence-corrected chi connectivity index (χ1v) is 12.1. The summed E-state index contributed by atoms with van der Waals surface area (Å²) in [6.45, 7) is 10.0. The second kappa shape index (κ2) is 9.61. The summed E-state index contributed by atoms with van der Waals surface area (Å²) in [5.41, 5.74) is 0.470. The van der Waals surface area contributed by atoms with E-state index in [4.69, 9.17) is 0 Å². The highest BCUT2D eigenvalue weighted by atomic mass is 19.1. The Morgan fingerprint density at radius 2 is 1.83 bits per heavy atom. The van der Waals surface area contributed by atoms with Crippen molar-refractivity contribution < 1.29 is 18.7 Å². The molecule has 2 atom stereocenters. The van der Waals surface area contributed by atoms with Crippen LogP contribution in [0.15, 0.2) is 36.7 Å². The molecule has 1 aliphatic rings. The van der Waals surface area contributed by atoms with Crippen LogP contribution in [-0.4, -0.2) is 49.2 Å². The van der Waals surface area contributed by atoms with E-state index >= 15 is 0 Å². The number of likely N-dealkylation sites (N-methyl/N-ethyl adjacent to an activating group) is 1. The van der Waals surface area contributed by atoms with Gasteiger partial charge in [0.2, 0.25) is 5.82 Å². The molecule has 2 aromatic heterocycles. The van der Waals surface area contributed by atoms with Gasteiger partial charge in [-0.15, -0.1) is 0 Å². The molecule has 1 amide bonds. The van der Waals surface area contributed by atoms with E-state index in [0.717, 1.165) is 24.1 Å². The van der Waals surface area contributed by atoms with Crippen molar-refractivity contribution in [2.45, 2.75) is 64.4 Å². The van der Waals surface area contributed by atoms with Crippen molar-refractivity contribution in [2.75, 3.05) is 13.1 Å². The SMILES string of the molecule is CCN(C[C@@]1(C)CC[C@H](C)c2cc(-c3c(F)cccc3F)nnc21)C(=O)c1ncc(C(C)(C)O)cn1. The molecule has 0 spiro atoms. The van der Waals surface area contributed by atoms with Gasteiger partial charge in [-0.25, -0.2) is 18.7 Å². The zero-order chi connectivity index (χ0) is 26.3. The van der Waals surface area contributed by atoms with E-state index in [1.54, 1.807) is 24.8 Å². The number of amides is 1. The number of carbonyl (C=O) groups is 1. The molecule has 4 rings (SSSR count). The third-order valence-corrected chi connectivity index (χ3v) is 7.03. The minimum atomic E-state index is -1.11. The molecule has 0 bridgehead atoms. The number of hydrogen-bond donors (Lipinski definition) is 1. The average molecular weight is 496 g/mol. The van der Waals surface area contributed by atoms with Crippen LogP contribution in [0.1, 0.15) is 80.8 Å². The minimum Gasteiger partial charge on any atom is -0.386 e. The molecular formula is C27H31F2N5O2. The van der Waals surface area contributed by atoms with Crippen molar-refractivity contribution in [1.82, 2.24) is 25.1 Å². The van der Waals surface area contributed by atoms with E-state index in [2.05, 4.69) is 27.1 Å². The fourth-order valence-electron chi connectivity index (χ4n) is 4.72. The number of halogens is 2. The Bertz CT molecular complexity index is 1260. The lowest BCUT2D eigenvalue weighted by Gasteiger charge is -2.40. The zero-order valence-electron chi connectivity index (χ0n) is 21.2. The van der Waals surface area contributed by atoms with Gasteiger partial charge in [-0.1, -0.05) is 19.9 Å². The van der Waals surface area contributed by atoms with Crippen LogP contribution in [0.3, 0.4) is 0 Å². The van der Waals surface area contributed by atoms with Crippen LogP contribution in [-0.2, 0) is 11.0 Å². The molecule has 190 valence electrons. The number of aromatic nitrogens is 4. The Hall–Kier alpha value is -3.33. The van der Waals surface area contributed by atoms with E-state index in [-0.39, 0.29) is 28.9 Å². The van der Waals surface area contributed by atoms with Crippen molar-refractivity contribution in [3.05, 3.63) is 70.9 Å². The van der Waals surface area contributed by atoms with E-state index in [0.29, 0.717) is 18.7 Å². The maximum absolute atomic E-state index is 14.4. The maximum atomic E-state index is 14.4. The Balaban J connectivity index is 1.65. The van der Waals surface area contributed by atoms with Crippen LogP contribution >= 0.6 is 0 Å². The van der Waals surface area contributed by atoms with Crippen LogP contribution < -0.4 is 0 Å². The van der Waals surface area contributed by atoms with Crippen molar-refractivity contribution in [3.63, 3.8) is 0 Å². The fraction of sp³-hybridized carbons (Fsp3) is 0.444. The first-order chi connectivity index (χ1) is 16.9. The van der Waals surface area contributed by atoms with E-state index < -0.39 is 22.7 Å². The van der Waals surface area contributed by atoms with Crippen LogP contribution in [0, 0.1) is 11.6 Å². The van der Waals surface area contributed by atoms with Gasteiger partial charge in [0.15, 0.2) is 0 Å². The number of fused-ring (bicyclic) bond motifs is 1. The second-order valence-electron chi connectivity index (χ2n) is 10.3. The van der Waals surface area contributed by atoms with Gasteiger partial charge in [-0.2, -0.15) is 10.2 Å². The maximum Gasteiger partial charge on any atom is 0.291 e. The predicted octanol–water partition coefficient (Wildman–Crippen LogP) is 4.76. The number of carbonyl (C=O) groups excluding carboxylic acids is 1. The lowest BCUT2D eigenvalue weighted by molar-refractivity contribution is 0.0693. The van der Waals surface area contributed by atoms with Gasteiger partial charge >= 0.3 is 0 Å². The fourth-order valence-corrected chi connectivity index (χ4v) is 4.72. The van der Waals surface area contributed by atoms with E-state index in [1.165, 1.54) is 30.6 Å². The lowest BCUT2D eigenvalue weighted by atomic mass is 9.70. The minimum absolute atomic E-state index is 0.0503. The Kier molecular flexibility index (Phi) is 6.88. The van der Waals surface area contributed by atoms with Crippen LogP contribution in [0.4, 0.5) is 8.78 Å². The summed E-state index contributed by atoms with van der Waals surface area (Å²) in [6, 6.07) is 5.45. The van der Waals surface area contributed by atoms with Gasteiger partial charge in [-0.05, 0) is 63.3 Å². The van der Waals surface area contributed by atoms with Crippen molar-refractivity contribution >= 4 is 5.91 Å². The molecule has 7 nitrogen and oxygen atoms in total. The highest BCUT2D eigenvalue weighted by molar-refractivity contribution is 5.90. The molecule has 0 fully saturated rings. The van der Waals surface area contributed by atoms with Crippen LogP contribution in [0.25, 0.3) is 11.3 Å².